The first-order chi connectivity index (χ1) is 10.9. The summed E-state index contributed by atoms with van der Waals surface area (Å²) in [7, 11) is 0. The maximum Gasteiger partial charge on any atom is 0.227 e. The van der Waals surface area contributed by atoms with Crippen LogP contribution in [0, 0.1) is 5.92 Å². The van der Waals surface area contributed by atoms with Crippen LogP contribution in [0.5, 0.6) is 0 Å². The Kier molecular flexibility index (Phi) is 7.70. The molecule has 2 amide bonds. The van der Waals surface area contributed by atoms with Crippen LogP contribution >= 0.6 is 12.4 Å². The minimum absolute atomic E-state index is 0. The summed E-state index contributed by atoms with van der Waals surface area (Å²) in [6.07, 6.45) is 2.08. The Morgan fingerprint density at radius 1 is 1.29 bits per heavy atom. The number of carbonyl (C=O) groups excluding carboxylic acids is 2. The number of nitrogens with two attached hydrogens (primary N) is 1. The molecule has 1 unspecified atom stereocenters. The Labute approximate surface area is 150 Å². The highest BCUT2D eigenvalue weighted by Gasteiger charge is 2.30. The molecule has 3 N–H and O–H groups in total. The van der Waals surface area contributed by atoms with Crippen LogP contribution in [-0.2, 0) is 16.0 Å². The Bertz CT molecular complexity index is 548. The smallest absolute Gasteiger partial charge is 0.227 e. The summed E-state index contributed by atoms with van der Waals surface area (Å²) in [6, 6.07) is 9.72. The van der Waals surface area contributed by atoms with Crippen molar-refractivity contribution in [1.82, 2.24) is 10.2 Å². The van der Waals surface area contributed by atoms with Gasteiger partial charge in [-0.15, -0.1) is 12.4 Å². The van der Waals surface area contributed by atoms with Crippen molar-refractivity contribution in [3.8, 4) is 0 Å². The first-order valence-electron chi connectivity index (χ1n) is 8.25. The van der Waals surface area contributed by atoms with Gasteiger partial charge in [-0.1, -0.05) is 30.3 Å². The molecule has 1 aromatic carbocycles. The molecule has 1 aromatic rings. The molecule has 1 aliphatic heterocycles. The molecule has 1 fully saturated rings. The highest BCUT2D eigenvalue weighted by Crippen LogP contribution is 2.19. The number of amides is 2. The quantitative estimate of drug-likeness (QED) is 0.846. The van der Waals surface area contributed by atoms with E-state index in [0.717, 1.165) is 24.9 Å². The molecular weight excluding hydrogens is 326 g/mol. The Hall–Kier alpha value is -1.59. The van der Waals surface area contributed by atoms with Crippen molar-refractivity contribution in [3.05, 3.63) is 35.9 Å². The van der Waals surface area contributed by atoms with Crippen molar-refractivity contribution >= 4 is 24.2 Å². The summed E-state index contributed by atoms with van der Waals surface area (Å²) < 4.78 is 0. The van der Waals surface area contributed by atoms with Crippen molar-refractivity contribution in [3.63, 3.8) is 0 Å². The van der Waals surface area contributed by atoms with Crippen molar-refractivity contribution < 1.29 is 9.59 Å². The van der Waals surface area contributed by atoms with Crippen LogP contribution in [0.4, 0.5) is 0 Å². The predicted molar refractivity (Wildman–Crippen MR) is 98.0 cm³/mol. The number of hydrogen-bond donors (Lipinski definition) is 2. The Morgan fingerprint density at radius 3 is 2.58 bits per heavy atom. The fourth-order valence-corrected chi connectivity index (χ4v) is 2.79. The maximum atomic E-state index is 12.5. The third-order valence-electron chi connectivity index (χ3n) is 4.31. The van der Waals surface area contributed by atoms with E-state index in [1.165, 1.54) is 0 Å². The summed E-state index contributed by atoms with van der Waals surface area (Å²) in [6.45, 7) is 5.44. The van der Waals surface area contributed by atoms with Crippen molar-refractivity contribution in [2.75, 3.05) is 19.6 Å². The van der Waals surface area contributed by atoms with Crippen LogP contribution in [0.15, 0.2) is 30.3 Å². The van der Waals surface area contributed by atoms with Crippen molar-refractivity contribution in [1.29, 1.82) is 0 Å². The Balaban J connectivity index is 0.00000288. The second kappa shape index (κ2) is 9.04. The van der Waals surface area contributed by atoms with Gasteiger partial charge in [0.05, 0.1) is 12.3 Å². The van der Waals surface area contributed by atoms with Crippen LogP contribution in [0.25, 0.3) is 0 Å². The van der Waals surface area contributed by atoms with E-state index in [2.05, 4.69) is 5.32 Å². The summed E-state index contributed by atoms with van der Waals surface area (Å²) >= 11 is 0. The lowest BCUT2D eigenvalue weighted by atomic mass is 9.94. The van der Waals surface area contributed by atoms with Crippen molar-refractivity contribution in [2.45, 2.75) is 38.6 Å². The van der Waals surface area contributed by atoms with Crippen LogP contribution in [0.1, 0.15) is 32.3 Å². The normalized spacial score (nSPS) is 17.8. The van der Waals surface area contributed by atoms with Gasteiger partial charge >= 0.3 is 0 Å². The van der Waals surface area contributed by atoms with Gasteiger partial charge in [0.15, 0.2) is 0 Å². The number of carbonyl (C=O) groups is 2. The maximum absolute atomic E-state index is 12.5. The number of halogens is 1. The van der Waals surface area contributed by atoms with E-state index < -0.39 is 5.54 Å². The van der Waals surface area contributed by atoms with E-state index in [9.17, 15) is 9.59 Å². The number of rotatable bonds is 5. The van der Waals surface area contributed by atoms with Gasteiger partial charge in [-0.05, 0) is 32.3 Å². The first-order valence-corrected chi connectivity index (χ1v) is 8.25. The lowest BCUT2D eigenvalue weighted by Crippen LogP contribution is -2.53. The third-order valence-corrected chi connectivity index (χ3v) is 4.31. The lowest BCUT2D eigenvalue weighted by Gasteiger charge is -2.34. The molecule has 24 heavy (non-hydrogen) atoms. The molecule has 134 valence electrons. The van der Waals surface area contributed by atoms with Gasteiger partial charge in [-0.3, -0.25) is 9.59 Å². The number of piperidine rings is 1. The first kappa shape index (κ1) is 20.5. The molecule has 1 heterocycles. The average Bonchev–Trinajstić information content (AvgIpc) is 2.55. The second-order valence-corrected chi connectivity index (χ2v) is 6.92. The van der Waals surface area contributed by atoms with Crippen LogP contribution in [0.3, 0.4) is 0 Å². The van der Waals surface area contributed by atoms with Crippen molar-refractivity contribution in [2.24, 2.45) is 11.7 Å². The zero-order chi connectivity index (χ0) is 16.9. The lowest BCUT2D eigenvalue weighted by molar-refractivity contribution is -0.135. The highest BCUT2D eigenvalue weighted by atomic mass is 35.5. The molecule has 2 rings (SSSR count). The highest BCUT2D eigenvalue weighted by molar-refractivity contribution is 5.85. The molecular formula is C18H28ClN3O2. The molecule has 0 saturated carbocycles. The van der Waals surface area contributed by atoms with Crippen LogP contribution in [0.2, 0.25) is 0 Å². The van der Waals surface area contributed by atoms with Gasteiger partial charge in [-0.25, -0.2) is 0 Å². The van der Waals surface area contributed by atoms with Gasteiger partial charge < -0.3 is 16.0 Å². The zero-order valence-corrected chi connectivity index (χ0v) is 15.3. The summed E-state index contributed by atoms with van der Waals surface area (Å²) in [5.74, 6) is -0.0567. The molecule has 0 aliphatic carbocycles. The molecule has 6 heteroatoms. The SMILES string of the molecule is CC(C)(CN)NC(=O)C1CCCN(C(=O)Cc2ccccc2)C1.Cl. The van der Waals surface area contributed by atoms with E-state index in [1.54, 1.807) is 0 Å². The van der Waals surface area contributed by atoms with E-state index in [0.29, 0.717) is 19.5 Å². The van der Waals surface area contributed by atoms with E-state index in [4.69, 9.17) is 5.73 Å². The summed E-state index contributed by atoms with van der Waals surface area (Å²) in [5, 5.41) is 2.98. The standard InChI is InChI=1S/C18H27N3O2.ClH/c1-18(2,13-19)20-17(23)15-9-6-10-21(12-15)16(22)11-14-7-4-3-5-8-14;/h3-5,7-8,15H,6,9-13,19H2,1-2H3,(H,20,23);1H. The van der Waals surface area contributed by atoms with Gasteiger partial charge in [0, 0.05) is 25.2 Å². The largest absolute Gasteiger partial charge is 0.350 e. The van der Waals surface area contributed by atoms with Gasteiger partial charge in [0.2, 0.25) is 11.8 Å². The van der Waals surface area contributed by atoms with Gasteiger partial charge in [0.1, 0.15) is 0 Å². The monoisotopic (exact) mass is 353 g/mol. The topological polar surface area (TPSA) is 75.4 Å². The summed E-state index contributed by atoms with van der Waals surface area (Å²) in [4.78, 5) is 26.7. The second-order valence-electron chi connectivity index (χ2n) is 6.92. The molecule has 0 bridgehead atoms. The molecule has 5 nitrogen and oxygen atoms in total. The van der Waals surface area contributed by atoms with Gasteiger partial charge in [-0.2, -0.15) is 0 Å². The fraction of sp³-hybridized carbons (Fsp3) is 0.556. The third kappa shape index (κ3) is 5.80. The Morgan fingerprint density at radius 2 is 1.96 bits per heavy atom. The van der Waals surface area contributed by atoms with Crippen LogP contribution < -0.4 is 11.1 Å². The fourth-order valence-electron chi connectivity index (χ4n) is 2.79. The van der Waals surface area contributed by atoms with E-state index in [1.807, 2.05) is 49.1 Å². The van der Waals surface area contributed by atoms with E-state index >= 15 is 0 Å². The average molecular weight is 354 g/mol. The molecule has 1 saturated heterocycles. The van der Waals surface area contributed by atoms with E-state index in [-0.39, 0.29) is 30.1 Å². The van der Waals surface area contributed by atoms with Gasteiger partial charge in [0.25, 0.3) is 0 Å². The number of hydrogen-bond acceptors (Lipinski definition) is 3. The molecule has 0 radical (unpaired) electrons. The summed E-state index contributed by atoms with van der Waals surface area (Å²) in [5.41, 5.74) is 6.26. The minimum atomic E-state index is -0.409. The number of likely N-dealkylation sites (tertiary alicyclic amines) is 1. The number of benzene rings is 1. The molecule has 0 spiro atoms. The number of nitrogens with one attached hydrogen (secondary N) is 1. The van der Waals surface area contributed by atoms with Crippen LogP contribution in [-0.4, -0.2) is 41.9 Å². The zero-order valence-electron chi connectivity index (χ0n) is 14.5. The molecule has 1 atom stereocenters. The molecule has 0 aromatic heterocycles. The minimum Gasteiger partial charge on any atom is -0.350 e. The predicted octanol–water partition coefficient (Wildman–Crippen LogP) is 1.74. The molecule has 1 aliphatic rings. The number of nitrogens with zero attached hydrogens (tertiary/aromatic N) is 1.